The SMILES string of the molecule is N#Cc1ccc(NC(=O)COC(=O)c2ccccc2NS(=O)(=O)c2cccs2)cc1Cl. The Labute approximate surface area is 187 Å². The van der Waals surface area contributed by atoms with Gasteiger partial charge < -0.3 is 10.1 Å². The van der Waals surface area contributed by atoms with E-state index in [1.807, 2.05) is 6.07 Å². The van der Waals surface area contributed by atoms with Crippen molar-refractivity contribution in [3.8, 4) is 6.07 Å². The number of thiophene rings is 1. The molecule has 0 saturated carbocycles. The lowest BCUT2D eigenvalue weighted by Gasteiger charge is -2.12. The lowest BCUT2D eigenvalue weighted by atomic mass is 10.2. The van der Waals surface area contributed by atoms with Gasteiger partial charge in [0.25, 0.3) is 15.9 Å². The minimum absolute atomic E-state index is 0.0279. The second-order valence-corrected chi connectivity index (χ2v) is 9.28. The van der Waals surface area contributed by atoms with Gasteiger partial charge in [0.2, 0.25) is 0 Å². The highest BCUT2D eigenvalue weighted by Crippen LogP contribution is 2.23. The molecule has 0 saturated heterocycles. The van der Waals surface area contributed by atoms with E-state index in [2.05, 4.69) is 10.0 Å². The van der Waals surface area contributed by atoms with Crippen LogP contribution in [0.3, 0.4) is 0 Å². The molecule has 31 heavy (non-hydrogen) atoms. The molecular formula is C20H14ClN3O5S2. The molecule has 3 aromatic rings. The second kappa shape index (κ2) is 9.61. The molecule has 0 spiro atoms. The number of rotatable bonds is 7. The average Bonchev–Trinajstić information content (AvgIpc) is 3.28. The normalized spacial score (nSPS) is 10.7. The number of nitriles is 1. The number of hydrogen-bond acceptors (Lipinski definition) is 7. The predicted octanol–water partition coefficient (Wildman–Crippen LogP) is 3.87. The second-order valence-electron chi connectivity index (χ2n) is 6.01. The maximum atomic E-state index is 12.4. The molecule has 0 fully saturated rings. The summed E-state index contributed by atoms with van der Waals surface area (Å²) in [5.41, 5.74) is 0.568. The fraction of sp³-hybridized carbons (Fsp3) is 0.0500. The average molecular weight is 476 g/mol. The number of nitrogens with zero attached hydrogens (tertiary/aromatic N) is 1. The van der Waals surface area contributed by atoms with Crippen molar-refractivity contribution in [2.75, 3.05) is 16.6 Å². The number of sulfonamides is 1. The first-order chi connectivity index (χ1) is 14.8. The minimum Gasteiger partial charge on any atom is -0.452 e. The Kier molecular flexibility index (Phi) is 6.91. The fourth-order valence-electron chi connectivity index (χ4n) is 2.45. The third-order valence-electron chi connectivity index (χ3n) is 3.86. The molecule has 2 aromatic carbocycles. The van der Waals surface area contributed by atoms with Crippen LogP contribution in [0.15, 0.2) is 64.2 Å². The van der Waals surface area contributed by atoms with E-state index in [-0.39, 0.29) is 26.0 Å². The summed E-state index contributed by atoms with van der Waals surface area (Å²) in [5.74, 6) is -1.51. The van der Waals surface area contributed by atoms with Crippen LogP contribution in [0.2, 0.25) is 5.02 Å². The number of carbonyl (C=O) groups excluding carboxylic acids is 2. The summed E-state index contributed by atoms with van der Waals surface area (Å²) in [6, 6.07) is 15.2. The van der Waals surface area contributed by atoms with Crippen LogP contribution in [0.4, 0.5) is 11.4 Å². The van der Waals surface area contributed by atoms with Crippen LogP contribution in [0.5, 0.6) is 0 Å². The number of anilines is 2. The Morgan fingerprint density at radius 2 is 1.90 bits per heavy atom. The largest absolute Gasteiger partial charge is 0.452 e. The molecule has 0 radical (unpaired) electrons. The molecule has 0 aliphatic rings. The van der Waals surface area contributed by atoms with Crippen LogP contribution in [-0.2, 0) is 19.6 Å². The number of esters is 1. The van der Waals surface area contributed by atoms with Gasteiger partial charge in [0.1, 0.15) is 10.3 Å². The molecule has 0 atom stereocenters. The highest BCUT2D eigenvalue weighted by Gasteiger charge is 2.20. The van der Waals surface area contributed by atoms with E-state index in [9.17, 15) is 18.0 Å². The van der Waals surface area contributed by atoms with E-state index in [0.29, 0.717) is 5.69 Å². The zero-order chi connectivity index (χ0) is 22.4. The summed E-state index contributed by atoms with van der Waals surface area (Å²) in [5, 5.41) is 13.2. The molecule has 1 amide bonds. The predicted molar refractivity (Wildman–Crippen MR) is 117 cm³/mol. The van der Waals surface area contributed by atoms with Crippen molar-refractivity contribution in [3.05, 3.63) is 76.1 Å². The van der Waals surface area contributed by atoms with E-state index in [1.54, 1.807) is 23.6 Å². The number of halogens is 1. The van der Waals surface area contributed by atoms with Gasteiger partial charge in [-0.25, -0.2) is 13.2 Å². The van der Waals surface area contributed by atoms with Crippen molar-refractivity contribution < 1.29 is 22.7 Å². The summed E-state index contributed by atoms with van der Waals surface area (Å²) in [6.45, 7) is -0.609. The van der Waals surface area contributed by atoms with Crippen LogP contribution >= 0.6 is 22.9 Å². The van der Waals surface area contributed by atoms with Crippen LogP contribution in [-0.4, -0.2) is 26.9 Å². The number of ether oxygens (including phenoxy) is 1. The first-order valence-electron chi connectivity index (χ1n) is 8.62. The number of amides is 1. The number of hydrogen-bond donors (Lipinski definition) is 2. The van der Waals surface area contributed by atoms with Crippen LogP contribution in [0.1, 0.15) is 15.9 Å². The summed E-state index contributed by atoms with van der Waals surface area (Å²) in [7, 11) is -3.86. The fourth-order valence-corrected chi connectivity index (χ4v) is 4.75. The quantitative estimate of drug-likeness (QED) is 0.499. The van der Waals surface area contributed by atoms with E-state index in [1.165, 1.54) is 36.4 Å². The molecule has 0 aliphatic heterocycles. The lowest BCUT2D eigenvalue weighted by Crippen LogP contribution is -2.22. The molecule has 3 rings (SSSR count). The van der Waals surface area contributed by atoms with Crippen molar-refractivity contribution in [1.82, 2.24) is 0 Å². The molecule has 0 aliphatic carbocycles. The summed E-state index contributed by atoms with van der Waals surface area (Å²) in [4.78, 5) is 24.5. The van der Waals surface area contributed by atoms with Gasteiger partial charge in [0.05, 0.1) is 21.8 Å². The molecule has 0 unspecified atom stereocenters. The summed E-state index contributed by atoms with van der Waals surface area (Å²) < 4.78 is 32.3. The van der Waals surface area contributed by atoms with Crippen molar-refractivity contribution in [3.63, 3.8) is 0 Å². The first-order valence-corrected chi connectivity index (χ1v) is 11.4. The smallest absolute Gasteiger partial charge is 0.340 e. The number of nitrogens with one attached hydrogen (secondary N) is 2. The third-order valence-corrected chi connectivity index (χ3v) is 6.93. The summed E-state index contributed by atoms with van der Waals surface area (Å²) in [6.07, 6.45) is 0. The third kappa shape index (κ3) is 5.61. The standard InChI is InChI=1S/C20H14ClN3O5S2/c21-16-10-14(8-7-13(16)11-22)23-18(25)12-29-20(26)15-4-1-2-5-17(15)24-31(27,28)19-6-3-9-30-19/h1-10,24H,12H2,(H,23,25). The van der Waals surface area contributed by atoms with Gasteiger partial charge in [0.15, 0.2) is 6.61 Å². The molecule has 8 nitrogen and oxygen atoms in total. The van der Waals surface area contributed by atoms with Crippen LogP contribution in [0.25, 0.3) is 0 Å². The van der Waals surface area contributed by atoms with Crippen LogP contribution in [0, 0.1) is 11.3 Å². The van der Waals surface area contributed by atoms with Gasteiger partial charge in [-0.15, -0.1) is 11.3 Å². The van der Waals surface area contributed by atoms with Crippen molar-refractivity contribution in [2.45, 2.75) is 4.21 Å². The van der Waals surface area contributed by atoms with Gasteiger partial charge in [-0.2, -0.15) is 5.26 Å². The Morgan fingerprint density at radius 1 is 1.13 bits per heavy atom. The van der Waals surface area contributed by atoms with E-state index in [4.69, 9.17) is 21.6 Å². The topological polar surface area (TPSA) is 125 Å². The minimum atomic E-state index is -3.86. The van der Waals surface area contributed by atoms with Crippen LogP contribution < -0.4 is 10.0 Å². The molecular weight excluding hydrogens is 462 g/mol. The van der Waals surface area contributed by atoms with Crippen molar-refractivity contribution in [2.24, 2.45) is 0 Å². The van der Waals surface area contributed by atoms with Crippen molar-refractivity contribution >= 4 is 56.2 Å². The Balaban J connectivity index is 1.65. The summed E-state index contributed by atoms with van der Waals surface area (Å²) >= 11 is 6.95. The monoisotopic (exact) mass is 475 g/mol. The van der Waals surface area contributed by atoms with Gasteiger partial charge in [0, 0.05) is 5.69 Å². The van der Waals surface area contributed by atoms with E-state index >= 15 is 0 Å². The zero-order valence-electron chi connectivity index (χ0n) is 15.7. The van der Waals surface area contributed by atoms with Gasteiger partial charge in [-0.1, -0.05) is 29.8 Å². The van der Waals surface area contributed by atoms with Crippen molar-refractivity contribution in [1.29, 1.82) is 5.26 Å². The molecule has 1 heterocycles. The molecule has 11 heteroatoms. The Bertz CT molecular complexity index is 1270. The van der Waals surface area contributed by atoms with Gasteiger partial charge in [-0.3, -0.25) is 9.52 Å². The highest BCUT2D eigenvalue weighted by molar-refractivity contribution is 7.94. The molecule has 1 aromatic heterocycles. The highest BCUT2D eigenvalue weighted by atomic mass is 35.5. The zero-order valence-corrected chi connectivity index (χ0v) is 18.1. The lowest BCUT2D eigenvalue weighted by molar-refractivity contribution is -0.119. The number of carbonyl (C=O) groups is 2. The van der Waals surface area contributed by atoms with Gasteiger partial charge >= 0.3 is 5.97 Å². The van der Waals surface area contributed by atoms with E-state index in [0.717, 1.165) is 11.3 Å². The maximum absolute atomic E-state index is 12.4. The van der Waals surface area contributed by atoms with Gasteiger partial charge in [-0.05, 0) is 41.8 Å². The molecule has 0 bridgehead atoms. The number of benzene rings is 2. The first kappa shape index (κ1) is 22.3. The Morgan fingerprint density at radius 3 is 2.58 bits per heavy atom. The molecule has 2 N–H and O–H groups in total. The maximum Gasteiger partial charge on any atom is 0.340 e. The molecule has 158 valence electrons. The number of para-hydroxylation sites is 1. The van der Waals surface area contributed by atoms with E-state index < -0.39 is 28.5 Å². The Hall–Kier alpha value is -3.39.